The summed E-state index contributed by atoms with van der Waals surface area (Å²) in [6.07, 6.45) is 12.7. The van der Waals surface area contributed by atoms with E-state index in [1.54, 1.807) is 0 Å². The number of halogens is 1. The van der Waals surface area contributed by atoms with Crippen molar-refractivity contribution in [2.45, 2.75) is 95.0 Å². The highest BCUT2D eigenvalue weighted by atomic mass is 35.5. The van der Waals surface area contributed by atoms with E-state index in [1.165, 1.54) is 44.9 Å². The van der Waals surface area contributed by atoms with Gasteiger partial charge in [-0.1, -0.05) is 39.0 Å². The highest BCUT2D eigenvalue weighted by molar-refractivity contribution is 6.20. The van der Waals surface area contributed by atoms with Crippen LogP contribution < -0.4 is 0 Å². The molecule has 2 nitrogen and oxygen atoms in total. The molecule has 2 fully saturated rings. The molecule has 2 atom stereocenters. The molecule has 0 aromatic heterocycles. The molecule has 0 aromatic carbocycles. The van der Waals surface area contributed by atoms with E-state index in [0.717, 1.165) is 25.7 Å². The second-order valence-electron chi connectivity index (χ2n) is 6.27. The fourth-order valence-electron chi connectivity index (χ4n) is 3.70. The lowest BCUT2D eigenvalue weighted by molar-refractivity contribution is -0.135. The molecule has 2 heterocycles. The number of fused-ring (bicyclic) bond motifs is 2. The number of hydrogen-bond acceptors (Lipinski definition) is 1. The summed E-state index contributed by atoms with van der Waals surface area (Å²) in [5, 5.41) is 0.301. The number of rotatable bonds is 7. The van der Waals surface area contributed by atoms with Gasteiger partial charge in [0, 0.05) is 23.9 Å². The van der Waals surface area contributed by atoms with Gasteiger partial charge in [-0.25, -0.2) is 0 Å². The molecule has 0 aromatic rings. The maximum Gasteiger partial charge on any atom is 0.223 e. The van der Waals surface area contributed by atoms with Crippen LogP contribution in [0.3, 0.4) is 0 Å². The normalized spacial score (nSPS) is 29.8. The smallest absolute Gasteiger partial charge is 0.223 e. The summed E-state index contributed by atoms with van der Waals surface area (Å²) >= 11 is 6.25. The summed E-state index contributed by atoms with van der Waals surface area (Å²) in [5.41, 5.74) is 0. The number of nitrogens with zero attached hydrogens (tertiary/aromatic N) is 1. The van der Waals surface area contributed by atoms with E-state index < -0.39 is 0 Å². The van der Waals surface area contributed by atoms with Gasteiger partial charge in [-0.3, -0.25) is 4.79 Å². The number of alkyl halides is 1. The van der Waals surface area contributed by atoms with E-state index in [1.807, 2.05) is 0 Å². The first-order valence-electron chi connectivity index (χ1n) is 8.17. The maximum atomic E-state index is 12.3. The maximum absolute atomic E-state index is 12.3. The zero-order valence-electron chi connectivity index (χ0n) is 12.2. The SMILES string of the molecule is CCCCCCCCC(=O)N1C2CCC1CC(Cl)C2. The van der Waals surface area contributed by atoms with Crippen molar-refractivity contribution in [2.24, 2.45) is 0 Å². The molecule has 2 aliphatic rings. The number of carbonyl (C=O) groups excluding carboxylic acids is 1. The standard InChI is InChI=1S/C16H28ClNO/c1-2-3-4-5-6-7-8-16(19)18-14-9-10-15(18)12-13(17)11-14/h13-15H,2-12H2,1H3. The molecule has 0 aliphatic carbocycles. The van der Waals surface area contributed by atoms with Crippen molar-refractivity contribution in [1.82, 2.24) is 4.90 Å². The minimum absolute atomic E-state index is 0.301. The van der Waals surface area contributed by atoms with Crippen LogP contribution in [0.25, 0.3) is 0 Å². The minimum atomic E-state index is 0.301. The molecule has 1 amide bonds. The van der Waals surface area contributed by atoms with Crippen molar-refractivity contribution in [2.75, 3.05) is 0 Å². The third-order valence-corrected chi connectivity index (χ3v) is 5.06. The minimum Gasteiger partial charge on any atom is -0.337 e. The molecular weight excluding hydrogens is 258 g/mol. The zero-order valence-corrected chi connectivity index (χ0v) is 13.0. The molecule has 110 valence electrons. The molecule has 0 saturated carbocycles. The molecule has 2 rings (SSSR count). The molecule has 0 N–H and O–H groups in total. The first-order valence-corrected chi connectivity index (χ1v) is 8.61. The summed E-state index contributed by atoms with van der Waals surface area (Å²) in [6.45, 7) is 2.24. The zero-order chi connectivity index (χ0) is 13.7. The Morgan fingerprint density at radius 1 is 1.05 bits per heavy atom. The summed E-state index contributed by atoms with van der Waals surface area (Å²) < 4.78 is 0. The predicted molar refractivity (Wildman–Crippen MR) is 80.5 cm³/mol. The number of hydrogen-bond donors (Lipinski definition) is 0. The average Bonchev–Trinajstić information content (AvgIpc) is 2.66. The number of piperidine rings is 1. The van der Waals surface area contributed by atoms with Crippen LogP contribution in [0.2, 0.25) is 0 Å². The third-order valence-electron chi connectivity index (χ3n) is 4.71. The van der Waals surface area contributed by atoms with Crippen LogP contribution in [0.15, 0.2) is 0 Å². The first-order chi connectivity index (χ1) is 9.22. The molecular formula is C16H28ClNO. The number of amides is 1. The second kappa shape index (κ2) is 7.52. The van der Waals surface area contributed by atoms with E-state index in [4.69, 9.17) is 11.6 Å². The Labute approximate surface area is 122 Å². The quantitative estimate of drug-likeness (QED) is 0.498. The van der Waals surface area contributed by atoms with Crippen molar-refractivity contribution in [3.63, 3.8) is 0 Å². The Morgan fingerprint density at radius 2 is 1.63 bits per heavy atom. The van der Waals surface area contributed by atoms with Crippen LogP contribution in [0.1, 0.15) is 77.6 Å². The Hall–Kier alpha value is -0.240. The third kappa shape index (κ3) is 4.11. The van der Waals surface area contributed by atoms with Gasteiger partial charge in [-0.2, -0.15) is 0 Å². The molecule has 3 heteroatoms. The van der Waals surface area contributed by atoms with Gasteiger partial charge in [0.1, 0.15) is 0 Å². The largest absolute Gasteiger partial charge is 0.337 e. The Kier molecular flexibility index (Phi) is 6.00. The van der Waals surface area contributed by atoms with Gasteiger partial charge in [-0.15, -0.1) is 11.6 Å². The van der Waals surface area contributed by atoms with Gasteiger partial charge in [0.2, 0.25) is 5.91 Å². The van der Waals surface area contributed by atoms with Crippen molar-refractivity contribution in [1.29, 1.82) is 0 Å². The highest BCUT2D eigenvalue weighted by Gasteiger charge is 2.42. The van der Waals surface area contributed by atoms with E-state index >= 15 is 0 Å². The highest BCUT2D eigenvalue weighted by Crippen LogP contribution is 2.38. The van der Waals surface area contributed by atoms with Gasteiger partial charge in [0.25, 0.3) is 0 Å². The van der Waals surface area contributed by atoms with Crippen LogP contribution in [0.4, 0.5) is 0 Å². The molecule has 2 saturated heterocycles. The van der Waals surface area contributed by atoms with Gasteiger partial charge < -0.3 is 4.90 Å². The van der Waals surface area contributed by atoms with E-state index in [0.29, 0.717) is 23.4 Å². The summed E-state index contributed by atoms with van der Waals surface area (Å²) in [4.78, 5) is 14.5. The van der Waals surface area contributed by atoms with Crippen molar-refractivity contribution in [3.05, 3.63) is 0 Å². The van der Waals surface area contributed by atoms with Crippen molar-refractivity contribution >= 4 is 17.5 Å². The lowest BCUT2D eigenvalue weighted by Crippen LogP contribution is -2.46. The molecule has 0 spiro atoms. The Morgan fingerprint density at radius 3 is 2.26 bits per heavy atom. The molecule has 0 radical (unpaired) electrons. The first kappa shape index (κ1) is 15.2. The number of carbonyl (C=O) groups is 1. The van der Waals surface area contributed by atoms with Crippen molar-refractivity contribution in [3.8, 4) is 0 Å². The Bertz CT molecular complexity index is 280. The van der Waals surface area contributed by atoms with Crippen molar-refractivity contribution < 1.29 is 4.79 Å². The van der Waals surface area contributed by atoms with Crippen LogP contribution in [0, 0.1) is 0 Å². The summed E-state index contributed by atoms with van der Waals surface area (Å²) in [5.74, 6) is 0.395. The van der Waals surface area contributed by atoms with E-state index in [-0.39, 0.29) is 0 Å². The lowest BCUT2D eigenvalue weighted by Gasteiger charge is -2.37. The van der Waals surface area contributed by atoms with Crippen LogP contribution in [-0.2, 0) is 4.79 Å². The molecule has 19 heavy (non-hydrogen) atoms. The van der Waals surface area contributed by atoms with E-state index in [2.05, 4.69) is 11.8 Å². The fraction of sp³-hybridized carbons (Fsp3) is 0.938. The Balaban J connectivity index is 1.66. The van der Waals surface area contributed by atoms with Gasteiger partial charge >= 0.3 is 0 Å². The van der Waals surface area contributed by atoms with E-state index in [9.17, 15) is 4.79 Å². The molecule has 2 bridgehead atoms. The van der Waals surface area contributed by atoms with Gasteiger partial charge in [0.15, 0.2) is 0 Å². The predicted octanol–water partition coefficient (Wildman–Crippen LogP) is 4.50. The lowest BCUT2D eigenvalue weighted by atomic mass is 10.0. The fourth-order valence-corrected chi connectivity index (χ4v) is 4.11. The van der Waals surface area contributed by atoms with Crippen LogP contribution in [0.5, 0.6) is 0 Å². The van der Waals surface area contributed by atoms with Crippen LogP contribution >= 0.6 is 11.6 Å². The van der Waals surface area contributed by atoms with Gasteiger partial charge in [-0.05, 0) is 32.1 Å². The number of unbranched alkanes of at least 4 members (excludes halogenated alkanes) is 5. The topological polar surface area (TPSA) is 20.3 Å². The monoisotopic (exact) mass is 285 g/mol. The molecule has 2 unspecified atom stereocenters. The summed E-state index contributed by atoms with van der Waals surface area (Å²) in [6, 6.07) is 0.905. The van der Waals surface area contributed by atoms with Crippen LogP contribution in [-0.4, -0.2) is 28.3 Å². The second-order valence-corrected chi connectivity index (χ2v) is 6.89. The van der Waals surface area contributed by atoms with Gasteiger partial charge in [0.05, 0.1) is 0 Å². The average molecular weight is 286 g/mol. The molecule has 2 aliphatic heterocycles. The summed E-state index contributed by atoms with van der Waals surface area (Å²) in [7, 11) is 0.